The van der Waals surface area contributed by atoms with Crippen molar-refractivity contribution in [1.29, 1.82) is 0 Å². The Morgan fingerprint density at radius 1 is 1.16 bits per heavy atom. The third-order valence-electron chi connectivity index (χ3n) is 5.25. The van der Waals surface area contributed by atoms with Crippen molar-refractivity contribution in [2.45, 2.75) is 25.8 Å². The molecule has 2 atom stereocenters. The van der Waals surface area contributed by atoms with E-state index >= 15 is 0 Å². The van der Waals surface area contributed by atoms with Crippen molar-refractivity contribution in [3.05, 3.63) is 57.2 Å². The van der Waals surface area contributed by atoms with Crippen LogP contribution in [0.15, 0.2) is 35.1 Å². The molecule has 0 spiro atoms. The SMILES string of the molecule is CC(=O)N1C[C@@H]2C[C@H](C1)c1cc(-c3ccc(F)c(Cl)c3)cc(=O)n1C2. The molecule has 130 valence electrons. The predicted octanol–water partition coefficient (Wildman–Crippen LogP) is 3.27. The number of hydrogen-bond acceptors (Lipinski definition) is 2. The average Bonchev–Trinajstić information content (AvgIpc) is 2.58. The lowest BCUT2D eigenvalue weighted by Crippen LogP contribution is -2.48. The number of nitrogens with zero attached hydrogens (tertiary/aromatic N) is 2. The Hall–Kier alpha value is -2.14. The highest BCUT2D eigenvalue weighted by molar-refractivity contribution is 6.31. The van der Waals surface area contributed by atoms with Gasteiger partial charge in [0.05, 0.1) is 5.02 Å². The van der Waals surface area contributed by atoms with E-state index in [1.165, 1.54) is 12.1 Å². The van der Waals surface area contributed by atoms with Crippen LogP contribution in [-0.4, -0.2) is 28.5 Å². The van der Waals surface area contributed by atoms with Gasteiger partial charge >= 0.3 is 0 Å². The second-order valence-corrected chi connectivity index (χ2v) is 7.38. The molecule has 0 unspecified atom stereocenters. The lowest BCUT2D eigenvalue weighted by Gasteiger charge is -2.42. The number of likely N-dealkylation sites (tertiary alicyclic amines) is 1. The summed E-state index contributed by atoms with van der Waals surface area (Å²) in [5, 5.41) is 0.0378. The zero-order valence-corrected chi connectivity index (χ0v) is 14.6. The first-order valence-corrected chi connectivity index (χ1v) is 8.76. The Balaban J connectivity index is 1.78. The van der Waals surface area contributed by atoms with Crippen molar-refractivity contribution in [3.8, 4) is 11.1 Å². The van der Waals surface area contributed by atoms with E-state index in [0.717, 1.165) is 17.7 Å². The predicted molar refractivity (Wildman–Crippen MR) is 94.2 cm³/mol. The Morgan fingerprint density at radius 3 is 2.68 bits per heavy atom. The molecule has 3 heterocycles. The summed E-state index contributed by atoms with van der Waals surface area (Å²) < 4.78 is 15.2. The summed E-state index contributed by atoms with van der Waals surface area (Å²) >= 11 is 5.88. The minimum absolute atomic E-state index is 0.0378. The fourth-order valence-electron chi connectivity index (χ4n) is 4.06. The monoisotopic (exact) mass is 360 g/mol. The van der Waals surface area contributed by atoms with Gasteiger partial charge in [0.1, 0.15) is 5.82 Å². The van der Waals surface area contributed by atoms with Gasteiger partial charge in [0, 0.05) is 44.2 Å². The van der Waals surface area contributed by atoms with Gasteiger partial charge < -0.3 is 9.47 Å². The first-order chi connectivity index (χ1) is 11.9. The number of amides is 1. The molecule has 1 amide bonds. The molecule has 6 heteroatoms. The Bertz CT molecular complexity index is 924. The van der Waals surface area contributed by atoms with E-state index in [9.17, 15) is 14.0 Å². The summed E-state index contributed by atoms with van der Waals surface area (Å²) in [7, 11) is 0. The van der Waals surface area contributed by atoms with Crippen molar-refractivity contribution in [1.82, 2.24) is 9.47 Å². The smallest absolute Gasteiger partial charge is 0.251 e. The largest absolute Gasteiger partial charge is 0.342 e. The van der Waals surface area contributed by atoms with Crippen molar-refractivity contribution < 1.29 is 9.18 Å². The second-order valence-electron chi connectivity index (χ2n) is 6.97. The molecule has 2 aliphatic rings. The number of carbonyl (C=O) groups excluding carboxylic acids is 1. The normalized spacial score (nSPS) is 21.8. The van der Waals surface area contributed by atoms with Crippen molar-refractivity contribution in [3.63, 3.8) is 0 Å². The highest BCUT2D eigenvalue weighted by Crippen LogP contribution is 2.36. The summed E-state index contributed by atoms with van der Waals surface area (Å²) in [4.78, 5) is 26.3. The van der Waals surface area contributed by atoms with Gasteiger partial charge in [-0.3, -0.25) is 9.59 Å². The molecule has 1 aromatic heterocycles. The van der Waals surface area contributed by atoms with Gasteiger partial charge in [0.2, 0.25) is 5.91 Å². The lowest BCUT2D eigenvalue weighted by atomic mass is 9.82. The fourth-order valence-corrected chi connectivity index (χ4v) is 4.24. The van der Waals surface area contributed by atoms with E-state index in [1.807, 2.05) is 15.5 Å². The van der Waals surface area contributed by atoms with Gasteiger partial charge in [-0.15, -0.1) is 0 Å². The maximum atomic E-state index is 13.4. The van der Waals surface area contributed by atoms with E-state index in [0.29, 0.717) is 31.1 Å². The molecular weight excluding hydrogens is 343 g/mol. The van der Waals surface area contributed by atoms with Crippen LogP contribution < -0.4 is 5.56 Å². The summed E-state index contributed by atoms with van der Waals surface area (Å²) in [6.45, 7) is 3.58. The number of benzene rings is 1. The van der Waals surface area contributed by atoms with Crippen LogP contribution in [0.3, 0.4) is 0 Å². The molecule has 2 aliphatic heterocycles. The number of carbonyl (C=O) groups is 1. The van der Waals surface area contributed by atoms with Crippen molar-refractivity contribution >= 4 is 17.5 Å². The van der Waals surface area contributed by atoms with Crippen LogP contribution in [0.25, 0.3) is 11.1 Å². The highest BCUT2D eigenvalue weighted by Gasteiger charge is 2.35. The summed E-state index contributed by atoms with van der Waals surface area (Å²) in [6.07, 6.45) is 0.983. The van der Waals surface area contributed by atoms with Crippen LogP contribution >= 0.6 is 11.6 Å². The number of pyridine rings is 1. The molecule has 2 aromatic rings. The third-order valence-corrected chi connectivity index (χ3v) is 5.54. The molecule has 25 heavy (non-hydrogen) atoms. The molecule has 0 N–H and O–H groups in total. The number of aromatic nitrogens is 1. The Morgan fingerprint density at radius 2 is 1.96 bits per heavy atom. The third kappa shape index (κ3) is 2.86. The number of rotatable bonds is 1. The molecule has 4 nitrogen and oxygen atoms in total. The van der Waals surface area contributed by atoms with E-state index in [1.54, 1.807) is 19.1 Å². The van der Waals surface area contributed by atoms with Gasteiger partial charge in [0.15, 0.2) is 0 Å². The summed E-state index contributed by atoms with van der Waals surface area (Å²) in [5.74, 6) is 0.0678. The van der Waals surface area contributed by atoms with Crippen LogP contribution in [-0.2, 0) is 11.3 Å². The quantitative estimate of drug-likeness (QED) is 0.783. The number of fused-ring (bicyclic) bond motifs is 4. The zero-order chi connectivity index (χ0) is 17.7. The molecular formula is C19H18ClFN2O2. The first kappa shape index (κ1) is 16.3. The summed E-state index contributed by atoms with van der Waals surface area (Å²) in [6, 6.07) is 8.04. The van der Waals surface area contributed by atoms with Crippen LogP contribution in [0, 0.1) is 11.7 Å². The number of hydrogen-bond donors (Lipinski definition) is 0. The Labute approximate surface area is 149 Å². The Kier molecular flexibility index (Phi) is 3.91. The van der Waals surface area contributed by atoms with Crippen LogP contribution in [0.2, 0.25) is 5.02 Å². The van der Waals surface area contributed by atoms with Crippen LogP contribution in [0.4, 0.5) is 4.39 Å². The maximum Gasteiger partial charge on any atom is 0.251 e. The second kappa shape index (κ2) is 5.99. The van der Waals surface area contributed by atoms with E-state index in [2.05, 4.69) is 0 Å². The van der Waals surface area contributed by atoms with Crippen molar-refractivity contribution in [2.75, 3.05) is 13.1 Å². The molecule has 4 rings (SSSR count). The van der Waals surface area contributed by atoms with Crippen molar-refractivity contribution in [2.24, 2.45) is 5.92 Å². The van der Waals surface area contributed by atoms with E-state index in [-0.39, 0.29) is 22.4 Å². The zero-order valence-electron chi connectivity index (χ0n) is 13.8. The fraction of sp³-hybridized carbons (Fsp3) is 0.368. The maximum absolute atomic E-state index is 13.4. The van der Waals surface area contributed by atoms with Crippen LogP contribution in [0.1, 0.15) is 25.0 Å². The molecule has 1 aromatic carbocycles. The van der Waals surface area contributed by atoms with Gasteiger partial charge in [0.25, 0.3) is 5.56 Å². The molecule has 0 saturated carbocycles. The average molecular weight is 361 g/mol. The van der Waals surface area contributed by atoms with E-state index in [4.69, 9.17) is 11.6 Å². The standard InChI is InChI=1S/C19H18ClFN2O2/c1-11(24)22-8-12-4-15(10-22)18-6-14(7-19(25)23(18)9-12)13-2-3-17(21)16(20)5-13/h2-3,5-7,12,15H,4,8-10H2,1H3/t12-,15+/m0/s1. The number of halogens is 2. The molecule has 1 saturated heterocycles. The van der Waals surface area contributed by atoms with Gasteiger partial charge in [-0.1, -0.05) is 17.7 Å². The minimum atomic E-state index is -0.479. The lowest BCUT2D eigenvalue weighted by molar-refractivity contribution is -0.131. The molecule has 1 fully saturated rings. The minimum Gasteiger partial charge on any atom is -0.342 e. The van der Waals surface area contributed by atoms with E-state index < -0.39 is 5.82 Å². The molecule has 0 aliphatic carbocycles. The number of piperidine rings is 1. The summed E-state index contributed by atoms with van der Waals surface area (Å²) in [5.41, 5.74) is 2.34. The molecule has 0 radical (unpaired) electrons. The first-order valence-electron chi connectivity index (χ1n) is 8.38. The highest BCUT2D eigenvalue weighted by atomic mass is 35.5. The molecule has 2 bridgehead atoms. The van der Waals surface area contributed by atoms with Gasteiger partial charge in [-0.2, -0.15) is 0 Å². The van der Waals surface area contributed by atoms with Gasteiger partial charge in [-0.25, -0.2) is 4.39 Å². The van der Waals surface area contributed by atoms with Crippen LogP contribution in [0.5, 0.6) is 0 Å². The van der Waals surface area contributed by atoms with Gasteiger partial charge in [-0.05, 0) is 41.7 Å². The topological polar surface area (TPSA) is 42.3 Å².